The first-order valence-electron chi connectivity index (χ1n) is 4.61. The Morgan fingerprint density at radius 1 is 0.800 bits per heavy atom. The van der Waals surface area contributed by atoms with Crippen LogP contribution in [0.4, 0.5) is 0 Å². The second kappa shape index (κ2) is 4.52. The van der Waals surface area contributed by atoms with E-state index < -0.39 is 15.0 Å². The molecular formula is C12H11AsO2. The SMILES string of the molecule is Oc1ccccc1[As](O)c1ccccc1. The molecule has 0 aromatic heterocycles. The summed E-state index contributed by atoms with van der Waals surface area (Å²) in [6.45, 7) is 0. The van der Waals surface area contributed by atoms with E-state index in [0.717, 1.165) is 4.35 Å². The summed E-state index contributed by atoms with van der Waals surface area (Å²) in [6, 6.07) is 16.5. The van der Waals surface area contributed by atoms with E-state index in [1.54, 1.807) is 18.2 Å². The van der Waals surface area contributed by atoms with E-state index in [0.29, 0.717) is 4.35 Å². The van der Waals surface area contributed by atoms with E-state index in [4.69, 9.17) is 0 Å². The van der Waals surface area contributed by atoms with Crippen molar-refractivity contribution in [3.8, 4) is 5.75 Å². The fourth-order valence-electron chi connectivity index (χ4n) is 1.35. The second-order valence-electron chi connectivity index (χ2n) is 3.14. The van der Waals surface area contributed by atoms with Gasteiger partial charge in [0.2, 0.25) is 0 Å². The van der Waals surface area contributed by atoms with Crippen molar-refractivity contribution in [1.82, 2.24) is 0 Å². The van der Waals surface area contributed by atoms with E-state index in [9.17, 15) is 9.20 Å². The average molecular weight is 262 g/mol. The minimum atomic E-state index is -2.28. The summed E-state index contributed by atoms with van der Waals surface area (Å²) < 4.78 is 11.8. The van der Waals surface area contributed by atoms with Crippen LogP contribution < -0.4 is 8.70 Å². The quantitative estimate of drug-likeness (QED) is 0.773. The molecule has 3 heteroatoms. The van der Waals surface area contributed by atoms with Crippen LogP contribution in [0, 0.1) is 0 Å². The van der Waals surface area contributed by atoms with Gasteiger partial charge in [0, 0.05) is 0 Å². The normalized spacial score (nSPS) is 12.3. The van der Waals surface area contributed by atoms with Crippen molar-refractivity contribution < 1.29 is 9.20 Å². The molecule has 0 aliphatic heterocycles. The van der Waals surface area contributed by atoms with Gasteiger partial charge >= 0.3 is 93.2 Å². The van der Waals surface area contributed by atoms with Crippen LogP contribution in [0.1, 0.15) is 0 Å². The van der Waals surface area contributed by atoms with Crippen molar-refractivity contribution in [2.75, 3.05) is 0 Å². The van der Waals surface area contributed by atoms with Gasteiger partial charge in [0.05, 0.1) is 0 Å². The summed E-state index contributed by atoms with van der Waals surface area (Å²) in [5, 5.41) is 9.62. The fraction of sp³-hybridized carbons (Fsp3) is 0. The molecule has 2 rings (SSSR count). The molecule has 0 fully saturated rings. The standard InChI is InChI=1S/C12H11AsO2/c14-12-9-5-4-8-11(12)13(15)10-6-2-1-3-7-10/h1-9,14-15H. The molecule has 0 saturated heterocycles. The zero-order chi connectivity index (χ0) is 10.7. The molecule has 2 aromatic carbocycles. The number of benzene rings is 2. The van der Waals surface area contributed by atoms with Gasteiger partial charge in [-0.15, -0.1) is 0 Å². The molecule has 2 aromatic rings. The van der Waals surface area contributed by atoms with Crippen molar-refractivity contribution in [1.29, 1.82) is 0 Å². The molecule has 0 saturated carbocycles. The summed E-state index contributed by atoms with van der Waals surface area (Å²) in [7, 11) is 0. The van der Waals surface area contributed by atoms with E-state index in [-0.39, 0.29) is 5.75 Å². The molecule has 0 spiro atoms. The molecule has 0 bridgehead atoms. The molecular weight excluding hydrogens is 251 g/mol. The van der Waals surface area contributed by atoms with E-state index in [2.05, 4.69) is 0 Å². The number of hydrogen-bond donors (Lipinski definition) is 2. The molecule has 2 N–H and O–H groups in total. The van der Waals surface area contributed by atoms with E-state index in [1.807, 2.05) is 36.4 Å². The first-order valence-corrected chi connectivity index (χ1v) is 7.32. The first-order chi connectivity index (χ1) is 7.29. The van der Waals surface area contributed by atoms with Gasteiger partial charge < -0.3 is 0 Å². The van der Waals surface area contributed by atoms with Crippen molar-refractivity contribution in [2.24, 2.45) is 0 Å². The molecule has 0 aliphatic rings. The predicted molar refractivity (Wildman–Crippen MR) is 61.8 cm³/mol. The van der Waals surface area contributed by atoms with Crippen LogP contribution in [0.15, 0.2) is 54.6 Å². The van der Waals surface area contributed by atoms with Crippen molar-refractivity contribution in [3.05, 3.63) is 54.6 Å². The van der Waals surface area contributed by atoms with Crippen molar-refractivity contribution >= 4 is 23.7 Å². The minimum absolute atomic E-state index is 0.184. The van der Waals surface area contributed by atoms with Gasteiger partial charge in [-0.1, -0.05) is 0 Å². The Morgan fingerprint density at radius 2 is 1.40 bits per heavy atom. The Morgan fingerprint density at radius 3 is 2.07 bits per heavy atom. The number of phenols is 1. The molecule has 0 aliphatic carbocycles. The van der Waals surface area contributed by atoms with Gasteiger partial charge in [0.1, 0.15) is 0 Å². The second-order valence-corrected chi connectivity index (χ2v) is 6.54. The van der Waals surface area contributed by atoms with Gasteiger partial charge in [-0.25, -0.2) is 0 Å². The molecule has 2 nitrogen and oxygen atoms in total. The van der Waals surface area contributed by atoms with Crippen LogP contribution in [0.5, 0.6) is 5.75 Å². The Bertz CT molecular complexity index is 442. The monoisotopic (exact) mass is 262 g/mol. The fourth-order valence-corrected chi connectivity index (χ4v) is 3.98. The Labute approximate surface area is 93.4 Å². The first kappa shape index (κ1) is 10.3. The van der Waals surface area contributed by atoms with E-state index in [1.165, 1.54) is 0 Å². The van der Waals surface area contributed by atoms with Gasteiger partial charge in [0.15, 0.2) is 0 Å². The van der Waals surface area contributed by atoms with Gasteiger partial charge in [-0.05, 0) is 0 Å². The zero-order valence-corrected chi connectivity index (χ0v) is 9.91. The van der Waals surface area contributed by atoms with Gasteiger partial charge in [0.25, 0.3) is 0 Å². The number of rotatable bonds is 2. The third-order valence-electron chi connectivity index (χ3n) is 2.11. The van der Waals surface area contributed by atoms with Crippen LogP contribution in [-0.4, -0.2) is 24.2 Å². The van der Waals surface area contributed by atoms with Crippen LogP contribution in [0.25, 0.3) is 0 Å². The Balaban J connectivity index is 2.37. The third-order valence-corrected chi connectivity index (χ3v) is 5.51. The maximum atomic E-state index is 10.2. The number of para-hydroxylation sites is 1. The molecule has 76 valence electrons. The molecule has 1 atom stereocenters. The molecule has 1 unspecified atom stereocenters. The van der Waals surface area contributed by atoms with E-state index >= 15 is 0 Å². The summed E-state index contributed by atoms with van der Waals surface area (Å²) in [5.74, 6) is 0.184. The molecule has 0 radical (unpaired) electrons. The van der Waals surface area contributed by atoms with Crippen molar-refractivity contribution in [2.45, 2.75) is 0 Å². The molecule has 15 heavy (non-hydrogen) atoms. The van der Waals surface area contributed by atoms with Crippen LogP contribution in [-0.2, 0) is 0 Å². The van der Waals surface area contributed by atoms with Gasteiger partial charge in [-0.2, -0.15) is 0 Å². The molecule has 0 heterocycles. The third kappa shape index (κ3) is 2.23. The zero-order valence-electron chi connectivity index (χ0n) is 8.04. The summed E-state index contributed by atoms with van der Waals surface area (Å²) in [5.41, 5.74) is 0. The number of aromatic hydroxyl groups is 1. The summed E-state index contributed by atoms with van der Waals surface area (Å²) >= 11 is -2.28. The molecule has 0 amide bonds. The van der Waals surface area contributed by atoms with Crippen LogP contribution in [0.3, 0.4) is 0 Å². The number of phenolic OH excluding ortho intramolecular Hbond substituents is 1. The van der Waals surface area contributed by atoms with Crippen molar-refractivity contribution in [3.63, 3.8) is 0 Å². The topological polar surface area (TPSA) is 40.5 Å². The van der Waals surface area contributed by atoms with Crippen LogP contribution in [0.2, 0.25) is 0 Å². The maximum absolute atomic E-state index is 10.2. The summed E-state index contributed by atoms with van der Waals surface area (Å²) in [6.07, 6.45) is 0. The predicted octanol–water partition coefficient (Wildman–Crippen LogP) is 0.490. The summed E-state index contributed by atoms with van der Waals surface area (Å²) in [4.78, 5) is 0. The average Bonchev–Trinajstić information content (AvgIpc) is 2.30. The number of hydrogen-bond acceptors (Lipinski definition) is 2. The Hall–Kier alpha value is -1.24. The van der Waals surface area contributed by atoms with Gasteiger partial charge in [-0.3, -0.25) is 0 Å². The Kier molecular flexibility index (Phi) is 3.10. The van der Waals surface area contributed by atoms with Crippen LogP contribution >= 0.6 is 0 Å².